The highest BCUT2D eigenvalue weighted by atomic mass is 16.6. The summed E-state index contributed by atoms with van der Waals surface area (Å²) in [6, 6.07) is 0. The molecule has 1 unspecified atom stereocenters. The summed E-state index contributed by atoms with van der Waals surface area (Å²) in [7, 11) is 0. The van der Waals surface area contributed by atoms with E-state index in [1.54, 1.807) is 0 Å². The van der Waals surface area contributed by atoms with Crippen LogP contribution in [0.4, 0.5) is 0 Å². The van der Waals surface area contributed by atoms with Gasteiger partial charge in [0.25, 0.3) is 0 Å². The van der Waals surface area contributed by atoms with Gasteiger partial charge in [-0.05, 0) is 128 Å². The molecule has 0 N–H and O–H groups in total. The third-order valence-corrected chi connectivity index (χ3v) is 9.51. The summed E-state index contributed by atoms with van der Waals surface area (Å²) in [6.45, 7) is 6.13. The zero-order chi connectivity index (χ0) is 47.2. The van der Waals surface area contributed by atoms with Crippen LogP contribution in [0.3, 0.4) is 0 Å². The zero-order valence-electron chi connectivity index (χ0n) is 40.9. The molecule has 0 radical (unpaired) electrons. The van der Waals surface area contributed by atoms with Gasteiger partial charge in [-0.25, -0.2) is 0 Å². The molecule has 0 aromatic carbocycles. The molecule has 0 aromatic heterocycles. The Labute approximate surface area is 397 Å². The largest absolute Gasteiger partial charge is 0.462 e. The summed E-state index contributed by atoms with van der Waals surface area (Å²) >= 11 is 0. The number of carbonyl (C=O) groups excluding carboxylic acids is 3. The first-order valence-corrected chi connectivity index (χ1v) is 25.0. The number of hydrogen-bond acceptors (Lipinski definition) is 6. The molecule has 0 saturated heterocycles. The third-order valence-electron chi connectivity index (χ3n) is 9.51. The molecule has 0 spiro atoms. The highest BCUT2D eigenvalue weighted by molar-refractivity contribution is 5.71. The Balaban J connectivity index is 4.61. The Morgan fingerprint density at radius 1 is 0.308 bits per heavy atom. The molecule has 1 atom stereocenters. The lowest BCUT2D eigenvalue weighted by molar-refractivity contribution is -0.167. The van der Waals surface area contributed by atoms with Crippen LogP contribution in [-0.2, 0) is 28.6 Å². The Morgan fingerprint density at radius 3 is 0.892 bits per heavy atom. The van der Waals surface area contributed by atoms with Gasteiger partial charge in [-0.1, -0.05) is 185 Å². The van der Waals surface area contributed by atoms with Crippen LogP contribution >= 0.6 is 0 Å². The van der Waals surface area contributed by atoms with Gasteiger partial charge in [0.1, 0.15) is 13.2 Å². The molecule has 0 fully saturated rings. The van der Waals surface area contributed by atoms with Crippen molar-refractivity contribution in [1.82, 2.24) is 0 Å². The first kappa shape index (κ1) is 60.0. The first-order chi connectivity index (χ1) is 32.0. The van der Waals surface area contributed by atoms with Gasteiger partial charge in [0.2, 0.25) is 0 Å². The number of unbranched alkanes of at least 4 members (excludes halogenated alkanes) is 5. The first-order valence-electron chi connectivity index (χ1n) is 25.0. The summed E-state index contributed by atoms with van der Waals surface area (Å²) in [6.07, 6.45) is 75.3. The second-order valence-corrected chi connectivity index (χ2v) is 15.6. The van der Waals surface area contributed by atoms with Crippen molar-refractivity contribution in [3.8, 4) is 0 Å². The van der Waals surface area contributed by atoms with Gasteiger partial charge >= 0.3 is 17.9 Å². The predicted molar refractivity (Wildman–Crippen MR) is 278 cm³/mol. The third kappa shape index (κ3) is 49.9. The number of allylic oxidation sites excluding steroid dienone is 26. The monoisotopic (exact) mass is 893 g/mol. The molecule has 0 aliphatic rings. The minimum absolute atomic E-state index is 0.142. The fourth-order valence-corrected chi connectivity index (χ4v) is 5.88. The van der Waals surface area contributed by atoms with E-state index in [9.17, 15) is 14.4 Å². The molecule has 0 aromatic rings. The van der Waals surface area contributed by atoms with E-state index in [0.29, 0.717) is 19.3 Å². The van der Waals surface area contributed by atoms with Gasteiger partial charge in [-0.15, -0.1) is 0 Å². The topological polar surface area (TPSA) is 78.9 Å². The second kappa shape index (κ2) is 51.7. The van der Waals surface area contributed by atoms with E-state index in [1.807, 2.05) is 0 Å². The van der Waals surface area contributed by atoms with Crippen LogP contribution < -0.4 is 0 Å². The number of carbonyl (C=O) groups is 3. The molecule has 0 heterocycles. The average Bonchev–Trinajstić information content (AvgIpc) is 3.30. The van der Waals surface area contributed by atoms with E-state index in [2.05, 4.69) is 179 Å². The van der Waals surface area contributed by atoms with Crippen LogP contribution in [-0.4, -0.2) is 37.2 Å². The lowest BCUT2D eigenvalue weighted by atomic mass is 10.1. The highest BCUT2D eigenvalue weighted by Gasteiger charge is 2.19. The van der Waals surface area contributed by atoms with E-state index in [4.69, 9.17) is 14.2 Å². The maximum absolute atomic E-state index is 12.8. The summed E-state index contributed by atoms with van der Waals surface area (Å²) in [5.41, 5.74) is 0. The molecule has 6 nitrogen and oxygen atoms in total. The van der Waals surface area contributed by atoms with Crippen LogP contribution in [0.1, 0.15) is 175 Å². The molecule has 0 bridgehead atoms. The Bertz CT molecular complexity index is 1540. The minimum atomic E-state index is -0.849. The lowest BCUT2D eigenvalue weighted by Gasteiger charge is -2.18. The van der Waals surface area contributed by atoms with Crippen LogP contribution in [0, 0.1) is 0 Å². The van der Waals surface area contributed by atoms with Gasteiger partial charge in [-0.2, -0.15) is 0 Å². The smallest absolute Gasteiger partial charge is 0.306 e. The average molecular weight is 893 g/mol. The van der Waals surface area contributed by atoms with Crippen molar-refractivity contribution in [2.75, 3.05) is 13.2 Å². The van der Waals surface area contributed by atoms with Crippen molar-refractivity contribution in [1.29, 1.82) is 0 Å². The van der Waals surface area contributed by atoms with Gasteiger partial charge in [0, 0.05) is 19.3 Å². The molecule has 0 aliphatic carbocycles. The fourth-order valence-electron chi connectivity index (χ4n) is 5.88. The van der Waals surface area contributed by atoms with Crippen molar-refractivity contribution in [2.45, 2.75) is 181 Å². The summed E-state index contributed by atoms with van der Waals surface area (Å²) in [5.74, 6) is -1.10. The van der Waals surface area contributed by atoms with E-state index in [-0.39, 0.29) is 38.0 Å². The molecule has 360 valence electrons. The lowest BCUT2D eigenvalue weighted by Crippen LogP contribution is -2.30. The second-order valence-electron chi connectivity index (χ2n) is 15.6. The zero-order valence-corrected chi connectivity index (χ0v) is 40.9. The molecule has 0 aliphatic heterocycles. The van der Waals surface area contributed by atoms with E-state index in [1.165, 1.54) is 0 Å². The Kier molecular flexibility index (Phi) is 47.7. The summed E-state index contributed by atoms with van der Waals surface area (Å²) in [5, 5.41) is 0. The number of esters is 3. The van der Waals surface area contributed by atoms with Crippen molar-refractivity contribution in [3.63, 3.8) is 0 Å². The maximum atomic E-state index is 12.8. The van der Waals surface area contributed by atoms with Crippen molar-refractivity contribution < 1.29 is 28.6 Å². The minimum Gasteiger partial charge on any atom is -0.462 e. The highest BCUT2D eigenvalue weighted by Crippen LogP contribution is 2.09. The van der Waals surface area contributed by atoms with Gasteiger partial charge in [0.15, 0.2) is 6.10 Å². The molecular weight excluding hydrogens is 805 g/mol. The predicted octanol–water partition coefficient (Wildman–Crippen LogP) is 16.6. The molecule has 0 saturated carbocycles. The molecule has 0 amide bonds. The van der Waals surface area contributed by atoms with Gasteiger partial charge < -0.3 is 14.2 Å². The fraction of sp³-hybridized carbons (Fsp3) is 0.508. The molecule has 65 heavy (non-hydrogen) atoms. The normalized spacial score (nSPS) is 13.5. The standard InChI is InChI=1S/C59H88O6/c1-4-7-10-13-16-19-22-24-26-28-29-31-32-34-37-40-43-46-49-52-58(61)64-55-56(54-63-57(60)51-48-45-42-39-36-21-18-15-12-9-6-3)65-59(62)53-50-47-44-41-38-35-33-30-27-25-23-20-17-14-11-8-5-2/h7-12,16-21,24-27,29,31,33-35,37,39,41-42,44,56H,4-6,13-15,22-23,28,30,32,36,38,40,43,45-55H2,1-3H3/b10-7-,11-8-,12-9-,19-16-,20-17-,21-18-,26-24-,27-25-,31-29-,35-33-,37-34-,42-39-,44-41-. The number of rotatable bonds is 42. The molecule has 6 heteroatoms. The van der Waals surface area contributed by atoms with Crippen LogP contribution in [0.15, 0.2) is 158 Å². The maximum Gasteiger partial charge on any atom is 0.306 e. The van der Waals surface area contributed by atoms with E-state index < -0.39 is 12.1 Å². The molecule has 0 rings (SSSR count). The Morgan fingerprint density at radius 2 is 0.569 bits per heavy atom. The van der Waals surface area contributed by atoms with Crippen molar-refractivity contribution >= 4 is 17.9 Å². The van der Waals surface area contributed by atoms with E-state index in [0.717, 1.165) is 122 Å². The van der Waals surface area contributed by atoms with Crippen LogP contribution in [0.2, 0.25) is 0 Å². The quantitative estimate of drug-likeness (QED) is 0.0263. The molecular formula is C59H88O6. The van der Waals surface area contributed by atoms with E-state index >= 15 is 0 Å². The van der Waals surface area contributed by atoms with Crippen molar-refractivity contribution in [3.05, 3.63) is 158 Å². The van der Waals surface area contributed by atoms with Crippen molar-refractivity contribution in [2.24, 2.45) is 0 Å². The van der Waals surface area contributed by atoms with Crippen LogP contribution in [0.5, 0.6) is 0 Å². The van der Waals surface area contributed by atoms with Gasteiger partial charge in [-0.3, -0.25) is 14.4 Å². The summed E-state index contributed by atoms with van der Waals surface area (Å²) in [4.78, 5) is 37.9. The Hall–Kier alpha value is -4.97. The van der Waals surface area contributed by atoms with Crippen LogP contribution in [0.25, 0.3) is 0 Å². The SMILES string of the molecule is CC/C=C\C/C=C\C/C=C\C/C=C\C/C=C\CCCCCC(=O)OCC(COC(=O)CCC/C=C\C/C=C\C/C=C\CC)OC(=O)CCC/C=C\C/C=C\C/C=C\C/C=C\C/C=C\CC. The number of ether oxygens (including phenoxy) is 3. The number of hydrogen-bond donors (Lipinski definition) is 0. The van der Waals surface area contributed by atoms with Gasteiger partial charge in [0.05, 0.1) is 0 Å². The summed E-state index contributed by atoms with van der Waals surface area (Å²) < 4.78 is 16.6.